The predicted octanol–water partition coefficient (Wildman–Crippen LogP) is 4.34. The van der Waals surface area contributed by atoms with Crippen LogP contribution in [-0.4, -0.2) is 10.3 Å². The molecule has 0 radical (unpaired) electrons. The zero-order chi connectivity index (χ0) is 15.3. The van der Waals surface area contributed by atoms with E-state index in [1.54, 1.807) is 38.1 Å². The van der Waals surface area contributed by atoms with Crippen molar-refractivity contribution in [2.75, 3.05) is 0 Å². The normalized spacial score (nSPS) is 11.0. The highest BCUT2D eigenvalue weighted by molar-refractivity contribution is 9.10. The van der Waals surface area contributed by atoms with Crippen LogP contribution in [0.1, 0.15) is 19.4 Å². The van der Waals surface area contributed by atoms with Gasteiger partial charge in [-0.05, 0) is 43.7 Å². The first-order chi connectivity index (χ1) is 9.95. The lowest BCUT2D eigenvalue weighted by molar-refractivity contribution is -0.136. The molecular formula is C17H17BrO3. The summed E-state index contributed by atoms with van der Waals surface area (Å²) >= 11 is 3.27. The molecule has 0 spiro atoms. The first kappa shape index (κ1) is 15.6. The SMILES string of the molecule is CC(C)(Br)C(=O)Oc1ccc(OCc2ccccc2)cc1. The van der Waals surface area contributed by atoms with Crippen LogP contribution in [-0.2, 0) is 11.4 Å². The number of carbonyl (C=O) groups is 1. The van der Waals surface area contributed by atoms with E-state index >= 15 is 0 Å². The molecule has 4 heteroatoms. The Bertz CT molecular complexity index is 586. The molecular weight excluding hydrogens is 332 g/mol. The van der Waals surface area contributed by atoms with Crippen molar-refractivity contribution in [1.29, 1.82) is 0 Å². The molecule has 2 aromatic rings. The Morgan fingerprint density at radius 1 is 1.00 bits per heavy atom. The Hall–Kier alpha value is -1.81. The van der Waals surface area contributed by atoms with Crippen LogP contribution < -0.4 is 9.47 Å². The Morgan fingerprint density at radius 2 is 1.57 bits per heavy atom. The molecule has 2 rings (SSSR count). The van der Waals surface area contributed by atoms with Gasteiger partial charge in [-0.3, -0.25) is 4.79 Å². The van der Waals surface area contributed by atoms with Gasteiger partial charge < -0.3 is 9.47 Å². The minimum absolute atomic E-state index is 0.333. The van der Waals surface area contributed by atoms with E-state index in [1.165, 1.54) is 0 Å². The van der Waals surface area contributed by atoms with E-state index in [0.717, 1.165) is 11.3 Å². The fourth-order valence-corrected chi connectivity index (χ4v) is 1.65. The van der Waals surface area contributed by atoms with Gasteiger partial charge in [0.15, 0.2) is 0 Å². The highest BCUT2D eigenvalue weighted by Gasteiger charge is 2.25. The van der Waals surface area contributed by atoms with Crippen LogP contribution in [0.3, 0.4) is 0 Å². The molecule has 0 aliphatic carbocycles. The van der Waals surface area contributed by atoms with Crippen molar-refractivity contribution in [2.24, 2.45) is 0 Å². The van der Waals surface area contributed by atoms with Crippen molar-refractivity contribution in [1.82, 2.24) is 0 Å². The van der Waals surface area contributed by atoms with Crippen molar-refractivity contribution < 1.29 is 14.3 Å². The van der Waals surface area contributed by atoms with Crippen LogP contribution in [0.2, 0.25) is 0 Å². The van der Waals surface area contributed by atoms with Crippen LogP contribution >= 0.6 is 15.9 Å². The average molecular weight is 349 g/mol. The zero-order valence-corrected chi connectivity index (χ0v) is 13.6. The highest BCUT2D eigenvalue weighted by atomic mass is 79.9. The molecule has 21 heavy (non-hydrogen) atoms. The molecule has 3 nitrogen and oxygen atoms in total. The molecule has 0 N–H and O–H groups in total. The minimum atomic E-state index is -0.699. The first-order valence-corrected chi connectivity index (χ1v) is 7.42. The number of ether oxygens (including phenoxy) is 2. The number of hydrogen-bond donors (Lipinski definition) is 0. The highest BCUT2D eigenvalue weighted by Crippen LogP contribution is 2.23. The van der Waals surface area contributed by atoms with E-state index in [2.05, 4.69) is 15.9 Å². The third-order valence-corrected chi connectivity index (χ3v) is 3.09. The van der Waals surface area contributed by atoms with Gasteiger partial charge in [-0.15, -0.1) is 0 Å². The van der Waals surface area contributed by atoms with Gasteiger partial charge in [-0.1, -0.05) is 46.3 Å². The molecule has 0 saturated carbocycles. The summed E-state index contributed by atoms with van der Waals surface area (Å²) in [6.45, 7) is 3.99. The second kappa shape index (κ2) is 6.76. The lowest BCUT2D eigenvalue weighted by atomic mass is 10.2. The Balaban J connectivity index is 1.92. The zero-order valence-electron chi connectivity index (χ0n) is 12.0. The second-order valence-electron chi connectivity index (χ2n) is 5.11. The van der Waals surface area contributed by atoms with Gasteiger partial charge in [-0.2, -0.15) is 0 Å². The van der Waals surface area contributed by atoms with Gasteiger partial charge in [0.1, 0.15) is 22.4 Å². The lowest BCUT2D eigenvalue weighted by Crippen LogP contribution is -2.29. The minimum Gasteiger partial charge on any atom is -0.489 e. The summed E-state index contributed by atoms with van der Waals surface area (Å²) in [4.78, 5) is 11.7. The Morgan fingerprint density at radius 3 is 2.14 bits per heavy atom. The van der Waals surface area contributed by atoms with E-state index in [4.69, 9.17) is 9.47 Å². The number of rotatable bonds is 5. The molecule has 0 aromatic heterocycles. The van der Waals surface area contributed by atoms with E-state index in [-0.39, 0.29) is 5.97 Å². The molecule has 0 atom stereocenters. The summed E-state index contributed by atoms with van der Waals surface area (Å²) in [5.74, 6) is 0.900. The first-order valence-electron chi connectivity index (χ1n) is 6.63. The number of esters is 1. The fourth-order valence-electron chi connectivity index (χ4n) is 1.57. The van der Waals surface area contributed by atoms with Crippen LogP contribution in [0, 0.1) is 0 Å². The van der Waals surface area contributed by atoms with Crippen LogP contribution in [0.25, 0.3) is 0 Å². The van der Waals surface area contributed by atoms with E-state index in [0.29, 0.717) is 12.4 Å². The van der Waals surface area contributed by atoms with Gasteiger partial charge in [0, 0.05) is 0 Å². The quantitative estimate of drug-likeness (QED) is 0.458. The summed E-state index contributed by atoms with van der Waals surface area (Å²) in [5, 5.41) is 0. The fraction of sp³-hybridized carbons (Fsp3) is 0.235. The summed E-state index contributed by atoms with van der Waals surface area (Å²) in [6, 6.07) is 16.9. The van der Waals surface area contributed by atoms with Crippen LogP contribution in [0.4, 0.5) is 0 Å². The monoisotopic (exact) mass is 348 g/mol. The van der Waals surface area contributed by atoms with E-state index in [9.17, 15) is 4.79 Å². The van der Waals surface area contributed by atoms with Gasteiger partial charge in [-0.25, -0.2) is 0 Å². The van der Waals surface area contributed by atoms with Crippen molar-refractivity contribution in [2.45, 2.75) is 24.8 Å². The van der Waals surface area contributed by atoms with E-state index < -0.39 is 4.32 Å². The maximum absolute atomic E-state index is 11.7. The molecule has 0 amide bonds. The Labute approximate surface area is 133 Å². The number of alkyl halides is 1. The van der Waals surface area contributed by atoms with Gasteiger partial charge >= 0.3 is 5.97 Å². The molecule has 0 bridgehead atoms. The average Bonchev–Trinajstić information content (AvgIpc) is 2.46. The summed E-state index contributed by atoms with van der Waals surface area (Å²) in [5.41, 5.74) is 1.11. The molecule has 2 aromatic carbocycles. The molecule has 0 aliphatic heterocycles. The molecule has 0 aliphatic rings. The van der Waals surface area contributed by atoms with Gasteiger partial charge in [0.2, 0.25) is 0 Å². The third kappa shape index (κ3) is 4.90. The molecule has 0 saturated heterocycles. The van der Waals surface area contributed by atoms with Crippen molar-refractivity contribution in [3.63, 3.8) is 0 Å². The predicted molar refractivity (Wildman–Crippen MR) is 85.9 cm³/mol. The van der Waals surface area contributed by atoms with Crippen molar-refractivity contribution >= 4 is 21.9 Å². The van der Waals surface area contributed by atoms with E-state index in [1.807, 2.05) is 30.3 Å². The van der Waals surface area contributed by atoms with Gasteiger partial charge in [0.05, 0.1) is 0 Å². The summed E-state index contributed by atoms with van der Waals surface area (Å²) < 4.78 is 10.2. The number of carbonyl (C=O) groups excluding carboxylic acids is 1. The van der Waals surface area contributed by atoms with Crippen molar-refractivity contribution in [3.05, 3.63) is 60.2 Å². The van der Waals surface area contributed by atoms with Gasteiger partial charge in [0.25, 0.3) is 0 Å². The molecule has 0 fully saturated rings. The number of hydrogen-bond acceptors (Lipinski definition) is 3. The molecule has 110 valence electrons. The maximum atomic E-state index is 11.7. The second-order valence-corrected chi connectivity index (χ2v) is 7.09. The Kier molecular flexibility index (Phi) is 5.02. The maximum Gasteiger partial charge on any atom is 0.327 e. The third-order valence-electron chi connectivity index (χ3n) is 2.77. The number of benzene rings is 2. The smallest absolute Gasteiger partial charge is 0.327 e. The summed E-state index contributed by atoms with van der Waals surface area (Å²) in [6.07, 6.45) is 0. The topological polar surface area (TPSA) is 35.5 Å². The standard InChI is InChI=1S/C17H17BrO3/c1-17(2,18)16(19)21-15-10-8-14(9-11-15)20-12-13-6-4-3-5-7-13/h3-11H,12H2,1-2H3. The largest absolute Gasteiger partial charge is 0.489 e. The molecule has 0 unspecified atom stereocenters. The number of halogens is 1. The molecule has 0 heterocycles. The summed E-state index contributed by atoms with van der Waals surface area (Å²) in [7, 11) is 0. The van der Waals surface area contributed by atoms with Crippen LogP contribution in [0.5, 0.6) is 11.5 Å². The lowest BCUT2D eigenvalue weighted by Gasteiger charge is -2.14. The van der Waals surface area contributed by atoms with Crippen molar-refractivity contribution in [3.8, 4) is 11.5 Å². The van der Waals surface area contributed by atoms with Crippen LogP contribution in [0.15, 0.2) is 54.6 Å².